The number of hydrogen-bond donors (Lipinski definition) is 1. The molecule has 0 bridgehead atoms. The van der Waals surface area contributed by atoms with Crippen molar-refractivity contribution in [3.8, 4) is 0 Å². The van der Waals surface area contributed by atoms with Crippen LogP contribution in [-0.4, -0.2) is 26.7 Å². The number of para-hydroxylation sites is 2. The summed E-state index contributed by atoms with van der Waals surface area (Å²) in [6, 6.07) is 11.4. The highest BCUT2D eigenvalue weighted by atomic mass is 32.2. The van der Waals surface area contributed by atoms with Crippen LogP contribution in [0.1, 0.15) is 5.82 Å². The van der Waals surface area contributed by atoms with E-state index in [0.29, 0.717) is 0 Å². The van der Waals surface area contributed by atoms with Gasteiger partial charge in [0.15, 0.2) is 0 Å². The normalized spacial score (nSPS) is 10.8. The molecule has 0 spiro atoms. The number of fused-ring (bicyclic) bond motifs is 1. The first-order chi connectivity index (χ1) is 10.8. The van der Waals surface area contributed by atoms with Crippen molar-refractivity contribution in [2.45, 2.75) is 12.3 Å². The number of thioether (sulfide) groups is 1. The van der Waals surface area contributed by atoms with Crippen LogP contribution in [0.2, 0.25) is 0 Å². The standard InChI is InChI=1S/C16H16N4OS/c1-22-11-15-19-13-4-2-3-5-14(13)20(15)10-16(21)18-12-6-8-17-9-7-12/h2-9H,10-11H2,1H3,(H,17,18,21). The van der Waals surface area contributed by atoms with Crippen LogP contribution in [0.15, 0.2) is 48.8 Å². The second-order valence-corrected chi connectivity index (χ2v) is 5.69. The summed E-state index contributed by atoms with van der Waals surface area (Å²) in [4.78, 5) is 20.8. The third-order valence-corrected chi connectivity index (χ3v) is 3.82. The van der Waals surface area contributed by atoms with Crippen molar-refractivity contribution >= 4 is 34.4 Å². The Bertz CT molecular complexity index is 785. The van der Waals surface area contributed by atoms with E-state index in [1.165, 1.54) is 0 Å². The average Bonchev–Trinajstić information content (AvgIpc) is 2.86. The molecule has 6 heteroatoms. The fraction of sp³-hybridized carbons (Fsp3) is 0.188. The first-order valence-electron chi connectivity index (χ1n) is 6.91. The molecule has 0 atom stereocenters. The fourth-order valence-corrected chi connectivity index (χ4v) is 2.80. The molecule has 3 rings (SSSR count). The zero-order chi connectivity index (χ0) is 15.4. The second-order valence-electron chi connectivity index (χ2n) is 4.82. The van der Waals surface area contributed by atoms with E-state index in [0.717, 1.165) is 28.3 Å². The molecule has 0 aliphatic heterocycles. The van der Waals surface area contributed by atoms with E-state index in [9.17, 15) is 4.79 Å². The summed E-state index contributed by atoms with van der Waals surface area (Å²) in [6.45, 7) is 0.249. The lowest BCUT2D eigenvalue weighted by molar-refractivity contribution is -0.116. The number of amides is 1. The summed E-state index contributed by atoms with van der Waals surface area (Å²) in [6.07, 6.45) is 5.34. The van der Waals surface area contributed by atoms with Crippen molar-refractivity contribution in [3.05, 3.63) is 54.6 Å². The van der Waals surface area contributed by atoms with E-state index >= 15 is 0 Å². The number of hydrogen-bond acceptors (Lipinski definition) is 4. The molecule has 0 saturated carbocycles. The molecule has 0 saturated heterocycles. The van der Waals surface area contributed by atoms with Crippen molar-refractivity contribution in [3.63, 3.8) is 0 Å². The lowest BCUT2D eigenvalue weighted by Crippen LogP contribution is -2.20. The van der Waals surface area contributed by atoms with Gasteiger partial charge in [-0.05, 0) is 30.5 Å². The van der Waals surface area contributed by atoms with Crippen molar-refractivity contribution < 1.29 is 4.79 Å². The van der Waals surface area contributed by atoms with Gasteiger partial charge in [-0.25, -0.2) is 4.98 Å². The number of imidazole rings is 1. The van der Waals surface area contributed by atoms with Gasteiger partial charge in [-0.15, -0.1) is 0 Å². The highest BCUT2D eigenvalue weighted by Crippen LogP contribution is 2.19. The Morgan fingerprint density at radius 3 is 2.77 bits per heavy atom. The third-order valence-electron chi connectivity index (χ3n) is 3.27. The van der Waals surface area contributed by atoms with Crippen molar-refractivity contribution in [1.29, 1.82) is 0 Å². The van der Waals surface area contributed by atoms with Crippen LogP contribution < -0.4 is 5.32 Å². The molecule has 5 nitrogen and oxygen atoms in total. The molecule has 1 amide bonds. The Kier molecular flexibility index (Phi) is 4.39. The molecular formula is C16H16N4OS. The van der Waals surface area contributed by atoms with Crippen LogP contribution >= 0.6 is 11.8 Å². The molecule has 0 aliphatic rings. The van der Waals surface area contributed by atoms with Gasteiger partial charge in [0.25, 0.3) is 0 Å². The summed E-state index contributed by atoms with van der Waals surface area (Å²) in [7, 11) is 0. The quantitative estimate of drug-likeness (QED) is 0.787. The van der Waals surface area contributed by atoms with E-state index in [-0.39, 0.29) is 12.5 Å². The average molecular weight is 312 g/mol. The highest BCUT2D eigenvalue weighted by Gasteiger charge is 2.13. The maximum Gasteiger partial charge on any atom is 0.244 e. The molecule has 1 aromatic carbocycles. The van der Waals surface area contributed by atoms with Crippen LogP contribution in [-0.2, 0) is 17.1 Å². The Hall–Kier alpha value is -2.34. The Labute approximate surface area is 132 Å². The van der Waals surface area contributed by atoms with Crippen LogP contribution in [0.3, 0.4) is 0 Å². The number of carbonyl (C=O) groups excluding carboxylic acids is 1. The number of nitrogens with one attached hydrogen (secondary N) is 1. The van der Waals surface area contributed by atoms with Gasteiger partial charge in [0, 0.05) is 18.1 Å². The first-order valence-corrected chi connectivity index (χ1v) is 8.30. The Morgan fingerprint density at radius 2 is 2.00 bits per heavy atom. The van der Waals surface area contributed by atoms with Gasteiger partial charge in [0.1, 0.15) is 12.4 Å². The Balaban J connectivity index is 1.86. The van der Waals surface area contributed by atoms with Crippen LogP contribution in [0.4, 0.5) is 5.69 Å². The molecule has 2 heterocycles. The first kappa shape index (κ1) is 14.6. The monoisotopic (exact) mass is 312 g/mol. The molecule has 0 aliphatic carbocycles. The molecule has 2 aromatic heterocycles. The molecule has 0 unspecified atom stereocenters. The molecule has 112 valence electrons. The van der Waals surface area contributed by atoms with E-state index < -0.39 is 0 Å². The summed E-state index contributed by atoms with van der Waals surface area (Å²) in [5.41, 5.74) is 2.65. The molecule has 0 fully saturated rings. The van der Waals surface area contributed by atoms with Gasteiger partial charge >= 0.3 is 0 Å². The van der Waals surface area contributed by atoms with Crippen LogP contribution in [0.5, 0.6) is 0 Å². The summed E-state index contributed by atoms with van der Waals surface area (Å²) >= 11 is 1.69. The smallest absolute Gasteiger partial charge is 0.244 e. The Morgan fingerprint density at radius 1 is 1.23 bits per heavy atom. The SMILES string of the molecule is CSCc1nc2ccccc2n1CC(=O)Nc1ccncc1. The van der Waals surface area contributed by atoms with Gasteiger partial charge < -0.3 is 9.88 Å². The molecular weight excluding hydrogens is 296 g/mol. The molecule has 3 aromatic rings. The zero-order valence-corrected chi connectivity index (χ0v) is 13.0. The van der Waals surface area contributed by atoms with E-state index in [1.54, 1.807) is 36.3 Å². The van der Waals surface area contributed by atoms with E-state index in [2.05, 4.69) is 15.3 Å². The number of aromatic nitrogens is 3. The van der Waals surface area contributed by atoms with Crippen LogP contribution in [0, 0.1) is 0 Å². The van der Waals surface area contributed by atoms with E-state index in [1.807, 2.05) is 35.1 Å². The van der Waals surface area contributed by atoms with Crippen LogP contribution in [0.25, 0.3) is 11.0 Å². The minimum Gasteiger partial charge on any atom is -0.324 e. The fourth-order valence-electron chi connectivity index (χ4n) is 2.32. The van der Waals surface area contributed by atoms with Crippen molar-refractivity contribution in [2.24, 2.45) is 0 Å². The summed E-state index contributed by atoms with van der Waals surface area (Å²) in [5.74, 6) is 1.62. The summed E-state index contributed by atoms with van der Waals surface area (Å²) in [5, 5.41) is 2.88. The molecule has 1 N–H and O–H groups in total. The lowest BCUT2D eigenvalue weighted by Gasteiger charge is -2.09. The second kappa shape index (κ2) is 6.62. The van der Waals surface area contributed by atoms with E-state index in [4.69, 9.17) is 0 Å². The number of rotatable bonds is 5. The number of anilines is 1. The van der Waals surface area contributed by atoms with Gasteiger partial charge in [0.2, 0.25) is 5.91 Å². The highest BCUT2D eigenvalue weighted by molar-refractivity contribution is 7.97. The number of carbonyl (C=O) groups is 1. The number of benzene rings is 1. The zero-order valence-electron chi connectivity index (χ0n) is 12.2. The van der Waals surface area contributed by atoms with Gasteiger partial charge in [-0.3, -0.25) is 9.78 Å². The minimum atomic E-state index is -0.0725. The number of nitrogens with zero attached hydrogens (tertiary/aromatic N) is 3. The van der Waals surface area contributed by atoms with Gasteiger partial charge in [-0.1, -0.05) is 12.1 Å². The molecule has 0 radical (unpaired) electrons. The van der Waals surface area contributed by atoms with Gasteiger partial charge in [0.05, 0.1) is 16.8 Å². The minimum absolute atomic E-state index is 0.0725. The molecule has 22 heavy (non-hydrogen) atoms. The topological polar surface area (TPSA) is 59.8 Å². The third kappa shape index (κ3) is 3.12. The number of pyridine rings is 1. The van der Waals surface area contributed by atoms with Crippen molar-refractivity contribution in [1.82, 2.24) is 14.5 Å². The largest absolute Gasteiger partial charge is 0.324 e. The van der Waals surface area contributed by atoms with Crippen molar-refractivity contribution in [2.75, 3.05) is 11.6 Å². The maximum atomic E-state index is 12.3. The lowest BCUT2D eigenvalue weighted by atomic mass is 10.3. The maximum absolute atomic E-state index is 12.3. The van der Waals surface area contributed by atoms with Gasteiger partial charge in [-0.2, -0.15) is 11.8 Å². The predicted octanol–water partition coefficient (Wildman–Crippen LogP) is 2.93. The predicted molar refractivity (Wildman–Crippen MR) is 89.8 cm³/mol. The summed E-state index contributed by atoms with van der Waals surface area (Å²) < 4.78 is 1.97.